The summed E-state index contributed by atoms with van der Waals surface area (Å²) < 4.78 is 23.7. The van der Waals surface area contributed by atoms with Gasteiger partial charge in [-0.05, 0) is 28.8 Å². The van der Waals surface area contributed by atoms with E-state index in [-0.39, 0.29) is 5.75 Å². The number of hydrogen-bond donors (Lipinski definition) is 0. The lowest BCUT2D eigenvalue weighted by molar-refractivity contribution is 0.132. The molecule has 1 saturated heterocycles. The maximum Gasteiger partial charge on any atom is 0.148 e. The average Bonchev–Trinajstić information content (AvgIpc) is 2.62. The molecule has 1 heterocycles. The van der Waals surface area contributed by atoms with Crippen LogP contribution in [0.15, 0.2) is 53.0 Å². The van der Waals surface area contributed by atoms with Gasteiger partial charge in [0.05, 0.1) is 5.75 Å². The van der Waals surface area contributed by atoms with E-state index in [1.807, 2.05) is 0 Å². The first-order valence-electron chi connectivity index (χ1n) is 8.86. The molecule has 0 bridgehead atoms. The minimum atomic E-state index is -2.87. The molecular weight excluding hydrogens is 412 g/mol. The maximum atomic E-state index is 11.3. The largest absolute Gasteiger partial charge is 0.300 e. The topological polar surface area (TPSA) is 40.6 Å². The van der Waals surface area contributed by atoms with E-state index >= 15 is 0 Å². The number of piperazine rings is 1. The Kier molecular flexibility index (Phi) is 6.51. The van der Waals surface area contributed by atoms with Gasteiger partial charge in [0.15, 0.2) is 0 Å². The summed E-state index contributed by atoms with van der Waals surface area (Å²) in [5.74, 6) is 0.254. The van der Waals surface area contributed by atoms with Crippen LogP contribution in [0.5, 0.6) is 0 Å². The zero-order valence-electron chi connectivity index (χ0n) is 15.1. The van der Waals surface area contributed by atoms with Gasteiger partial charge >= 0.3 is 0 Å². The zero-order chi connectivity index (χ0) is 18.6. The summed E-state index contributed by atoms with van der Waals surface area (Å²) >= 11 is 3.47. The van der Waals surface area contributed by atoms with Crippen molar-refractivity contribution in [2.75, 3.05) is 44.7 Å². The SMILES string of the molecule is CS(=O)(=O)CCN1CCN(Cc2ccc(-c3ccc(Br)cc3)cc2)CC1. The van der Waals surface area contributed by atoms with E-state index < -0.39 is 9.84 Å². The molecule has 3 rings (SSSR count). The molecule has 0 aromatic heterocycles. The normalized spacial score (nSPS) is 16.7. The van der Waals surface area contributed by atoms with Gasteiger partial charge in [-0.3, -0.25) is 9.80 Å². The number of rotatable bonds is 6. The summed E-state index contributed by atoms with van der Waals surface area (Å²) in [4.78, 5) is 4.68. The van der Waals surface area contributed by atoms with E-state index in [2.05, 4.69) is 74.3 Å². The zero-order valence-corrected chi connectivity index (χ0v) is 17.5. The van der Waals surface area contributed by atoms with Crippen LogP contribution < -0.4 is 0 Å². The van der Waals surface area contributed by atoms with Gasteiger partial charge in [0.1, 0.15) is 9.84 Å². The van der Waals surface area contributed by atoms with Crippen molar-refractivity contribution in [2.45, 2.75) is 6.54 Å². The highest BCUT2D eigenvalue weighted by Gasteiger charge is 2.18. The number of halogens is 1. The number of nitrogens with zero attached hydrogens (tertiary/aromatic N) is 2. The number of hydrogen-bond acceptors (Lipinski definition) is 4. The molecule has 4 nitrogen and oxygen atoms in total. The highest BCUT2D eigenvalue weighted by atomic mass is 79.9. The van der Waals surface area contributed by atoms with Crippen molar-refractivity contribution in [2.24, 2.45) is 0 Å². The third-order valence-electron chi connectivity index (χ3n) is 4.78. The van der Waals surface area contributed by atoms with Crippen molar-refractivity contribution in [3.63, 3.8) is 0 Å². The van der Waals surface area contributed by atoms with Crippen molar-refractivity contribution in [1.82, 2.24) is 9.80 Å². The molecule has 26 heavy (non-hydrogen) atoms. The first kappa shape index (κ1) is 19.5. The highest BCUT2D eigenvalue weighted by molar-refractivity contribution is 9.10. The molecule has 0 unspecified atom stereocenters. The van der Waals surface area contributed by atoms with Crippen LogP contribution in [0.1, 0.15) is 5.56 Å². The Labute approximate surface area is 164 Å². The van der Waals surface area contributed by atoms with Crippen LogP contribution in [-0.2, 0) is 16.4 Å². The van der Waals surface area contributed by atoms with Crippen LogP contribution in [0.4, 0.5) is 0 Å². The van der Waals surface area contributed by atoms with E-state index in [0.29, 0.717) is 6.54 Å². The van der Waals surface area contributed by atoms with Gasteiger partial charge in [-0.25, -0.2) is 8.42 Å². The molecule has 0 amide bonds. The van der Waals surface area contributed by atoms with Gasteiger partial charge in [0, 0.05) is 50.0 Å². The number of sulfone groups is 1. The van der Waals surface area contributed by atoms with E-state index in [4.69, 9.17) is 0 Å². The maximum absolute atomic E-state index is 11.3. The molecule has 0 saturated carbocycles. The monoisotopic (exact) mass is 436 g/mol. The Morgan fingerprint density at radius 1 is 0.846 bits per heavy atom. The molecule has 1 aliphatic heterocycles. The molecule has 1 aliphatic rings. The summed E-state index contributed by atoms with van der Waals surface area (Å²) in [7, 11) is -2.87. The first-order valence-corrected chi connectivity index (χ1v) is 11.7. The fourth-order valence-electron chi connectivity index (χ4n) is 3.17. The van der Waals surface area contributed by atoms with E-state index in [1.165, 1.54) is 22.9 Å². The van der Waals surface area contributed by atoms with Crippen molar-refractivity contribution in [3.05, 3.63) is 58.6 Å². The quantitative estimate of drug-likeness (QED) is 0.696. The van der Waals surface area contributed by atoms with Crippen molar-refractivity contribution in [3.8, 4) is 11.1 Å². The second-order valence-electron chi connectivity index (χ2n) is 6.95. The van der Waals surface area contributed by atoms with Crippen LogP contribution in [0.2, 0.25) is 0 Å². The molecule has 2 aromatic rings. The predicted octanol–water partition coefficient (Wildman–Crippen LogP) is 3.28. The molecule has 2 aromatic carbocycles. The number of benzene rings is 2. The van der Waals surface area contributed by atoms with Gasteiger partial charge in [0.2, 0.25) is 0 Å². The fraction of sp³-hybridized carbons (Fsp3) is 0.400. The standard InChI is InChI=1S/C20H25BrN2O2S/c1-26(24,25)15-14-22-10-12-23(13-11-22)16-17-2-4-18(5-3-17)19-6-8-20(21)9-7-19/h2-9H,10-16H2,1H3. The Bertz CT molecular complexity index is 812. The van der Waals surface area contributed by atoms with Gasteiger partial charge in [-0.2, -0.15) is 0 Å². The van der Waals surface area contributed by atoms with Gasteiger partial charge in [-0.1, -0.05) is 52.3 Å². The van der Waals surface area contributed by atoms with Gasteiger partial charge in [-0.15, -0.1) is 0 Å². The van der Waals surface area contributed by atoms with Crippen LogP contribution >= 0.6 is 15.9 Å². The molecule has 6 heteroatoms. The smallest absolute Gasteiger partial charge is 0.148 e. The van der Waals surface area contributed by atoms with Crippen molar-refractivity contribution in [1.29, 1.82) is 0 Å². The highest BCUT2D eigenvalue weighted by Crippen LogP contribution is 2.22. The molecule has 1 fully saturated rings. The second kappa shape index (κ2) is 8.65. The third kappa shape index (κ3) is 5.91. The molecule has 0 radical (unpaired) electrons. The van der Waals surface area contributed by atoms with Crippen LogP contribution in [0.25, 0.3) is 11.1 Å². The Balaban J connectivity index is 1.50. The van der Waals surface area contributed by atoms with Crippen LogP contribution in [-0.4, -0.2) is 63.0 Å². The minimum Gasteiger partial charge on any atom is -0.300 e. The molecular formula is C20H25BrN2O2S. The molecule has 140 valence electrons. The second-order valence-corrected chi connectivity index (χ2v) is 10.1. The Morgan fingerprint density at radius 2 is 1.35 bits per heavy atom. The summed E-state index contributed by atoms with van der Waals surface area (Å²) in [5, 5.41) is 0. The van der Waals surface area contributed by atoms with Gasteiger partial charge in [0.25, 0.3) is 0 Å². The average molecular weight is 437 g/mol. The minimum absolute atomic E-state index is 0.254. The fourth-order valence-corrected chi connectivity index (χ4v) is 4.02. The Morgan fingerprint density at radius 3 is 1.88 bits per heavy atom. The van der Waals surface area contributed by atoms with Crippen LogP contribution in [0, 0.1) is 0 Å². The molecule has 0 spiro atoms. The van der Waals surface area contributed by atoms with E-state index in [9.17, 15) is 8.42 Å². The third-order valence-corrected chi connectivity index (χ3v) is 6.23. The van der Waals surface area contributed by atoms with Crippen LogP contribution in [0.3, 0.4) is 0 Å². The lowest BCUT2D eigenvalue weighted by atomic mass is 10.0. The van der Waals surface area contributed by atoms with Gasteiger partial charge < -0.3 is 0 Å². The first-order chi connectivity index (χ1) is 12.4. The summed E-state index contributed by atoms with van der Waals surface area (Å²) in [6.07, 6.45) is 1.31. The lowest BCUT2D eigenvalue weighted by Crippen LogP contribution is -2.47. The van der Waals surface area contributed by atoms with Crippen molar-refractivity contribution >= 4 is 25.8 Å². The van der Waals surface area contributed by atoms with E-state index in [1.54, 1.807) is 0 Å². The van der Waals surface area contributed by atoms with Crippen molar-refractivity contribution < 1.29 is 8.42 Å². The van der Waals surface area contributed by atoms with E-state index in [0.717, 1.165) is 37.2 Å². The summed E-state index contributed by atoms with van der Waals surface area (Å²) in [6, 6.07) is 17.1. The summed E-state index contributed by atoms with van der Waals surface area (Å²) in [5.41, 5.74) is 3.77. The molecule has 0 aliphatic carbocycles. The predicted molar refractivity (Wildman–Crippen MR) is 111 cm³/mol. The Hall–Kier alpha value is -1.21. The lowest BCUT2D eigenvalue weighted by Gasteiger charge is -2.34. The molecule has 0 N–H and O–H groups in total. The summed E-state index contributed by atoms with van der Waals surface area (Å²) in [6.45, 7) is 5.44. The molecule has 0 atom stereocenters.